The normalized spacial score (nSPS) is 16.0. The van der Waals surface area contributed by atoms with Gasteiger partial charge in [-0.15, -0.1) is 0 Å². The van der Waals surface area contributed by atoms with Crippen LogP contribution < -0.4 is 0 Å². The molecular weight excluding hydrogens is 432 g/mol. The molecule has 8 heteroatoms. The third-order valence-corrected chi connectivity index (χ3v) is 5.49. The van der Waals surface area contributed by atoms with Gasteiger partial charge in [0.1, 0.15) is 6.54 Å². The number of amides is 2. The van der Waals surface area contributed by atoms with Crippen molar-refractivity contribution in [1.82, 2.24) is 9.47 Å². The van der Waals surface area contributed by atoms with Crippen LogP contribution in [0, 0.1) is 0 Å². The highest BCUT2D eigenvalue weighted by atomic mass is 79.9. The maximum atomic E-state index is 12.5. The topological polar surface area (TPSA) is 68.6 Å². The van der Waals surface area contributed by atoms with Crippen LogP contribution in [0.5, 0.6) is 0 Å². The fraction of sp³-hybridized carbons (Fsp3) is 0.316. The summed E-state index contributed by atoms with van der Waals surface area (Å²) in [5, 5.41) is 0.639. The second-order valence-electron chi connectivity index (χ2n) is 6.01. The predicted octanol–water partition coefficient (Wildman–Crippen LogP) is 4.41. The highest BCUT2D eigenvalue weighted by molar-refractivity contribution is 9.10. The van der Waals surface area contributed by atoms with Crippen molar-refractivity contribution in [2.75, 3.05) is 13.2 Å². The molecule has 1 saturated heterocycles. The second-order valence-corrected chi connectivity index (χ2v) is 7.92. The van der Waals surface area contributed by atoms with Gasteiger partial charge in [0.05, 0.1) is 11.5 Å². The van der Waals surface area contributed by atoms with Gasteiger partial charge in [-0.05, 0) is 49.4 Å². The monoisotopic (exact) mass is 450 g/mol. The number of aromatic nitrogens is 1. The fourth-order valence-corrected chi connectivity index (χ4v) is 4.16. The lowest BCUT2D eigenvalue weighted by Gasteiger charge is -2.09. The number of rotatable bonds is 6. The molecule has 0 saturated carbocycles. The first-order valence-electron chi connectivity index (χ1n) is 8.64. The molecule has 0 bridgehead atoms. The molecule has 2 aromatic rings. The minimum absolute atomic E-state index is 0.0805. The molecule has 3 rings (SSSR count). The molecule has 1 fully saturated rings. The van der Waals surface area contributed by atoms with Gasteiger partial charge < -0.3 is 9.30 Å². The van der Waals surface area contributed by atoms with Gasteiger partial charge in [-0.3, -0.25) is 19.3 Å². The van der Waals surface area contributed by atoms with Crippen LogP contribution in [0.2, 0.25) is 0 Å². The van der Waals surface area contributed by atoms with Crippen LogP contribution in [0.1, 0.15) is 25.8 Å². The maximum Gasteiger partial charge on any atom is 0.325 e. The first-order valence-corrected chi connectivity index (χ1v) is 10.2. The number of imide groups is 1. The standard InChI is InChI=1S/C19H19BrN2O4S/c1-3-7-22-18(24)16(27-19(22)25)8-12-10-21(11-17(23)26-4-2)15-6-5-13(20)9-14(12)15/h5-6,8-10H,3-4,7,11H2,1-2H3/b16-8-. The Morgan fingerprint density at radius 2 is 2.07 bits per heavy atom. The Labute approximate surface area is 169 Å². The van der Waals surface area contributed by atoms with Crippen LogP contribution in [0.25, 0.3) is 17.0 Å². The zero-order chi connectivity index (χ0) is 19.6. The molecule has 27 heavy (non-hydrogen) atoms. The summed E-state index contributed by atoms with van der Waals surface area (Å²) in [6.45, 7) is 4.50. The van der Waals surface area contributed by atoms with Crippen LogP contribution in [-0.2, 0) is 20.9 Å². The Morgan fingerprint density at radius 3 is 2.78 bits per heavy atom. The molecule has 2 amide bonds. The first kappa shape index (κ1) is 19.7. The van der Waals surface area contributed by atoms with E-state index in [1.165, 1.54) is 4.90 Å². The summed E-state index contributed by atoms with van der Waals surface area (Å²) in [6, 6.07) is 5.72. The summed E-state index contributed by atoms with van der Waals surface area (Å²) in [5.74, 6) is -0.597. The number of thioether (sulfide) groups is 1. The molecular formula is C19H19BrN2O4S. The Kier molecular flexibility index (Phi) is 6.06. The number of carbonyl (C=O) groups excluding carboxylic acids is 3. The highest BCUT2D eigenvalue weighted by Gasteiger charge is 2.34. The third kappa shape index (κ3) is 4.11. The minimum atomic E-state index is -0.327. The van der Waals surface area contributed by atoms with Crippen LogP contribution in [0.4, 0.5) is 4.79 Å². The van der Waals surface area contributed by atoms with Crippen LogP contribution >= 0.6 is 27.7 Å². The number of nitrogens with zero attached hydrogens (tertiary/aromatic N) is 2. The van der Waals surface area contributed by atoms with E-state index in [9.17, 15) is 14.4 Å². The van der Waals surface area contributed by atoms with E-state index in [0.29, 0.717) is 18.1 Å². The quantitative estimate of drug-likeness (QED) is 0.481. The van der Waals surface area contributed by atoms with Gasteiger partial charge in [0.2, 0.25) is 0 Å². The van der Waals surface area contributed by atoms with E-state index in [0.717, 1.165) is 39.1 Å². The largest absolute Gasteiger partial charge is 0.465 e. The van der Waals surface area contributed by atoms with Gasteiger partial charge >= 0.3 is 5.97 Å². The van der Waals surface area contributed by atoms with E-state index in [2.05, 4.69) is 15.9 Å². The number of benzene rings is 1. The number of esters is 1. The minimum Gasteiger partial charge on any atom is -0.465 e. The van der Waals surface area contributed by atoms with Gasteiger partial charge in [-0.2, -0.15) is 0 Å². The SMILES string of the molecule is CCCN1C(=O)S/C(=C\c2cn(CC(=O)OCC)c3ccc(Br)cc23)C1=O. The highest BCUT2D eigenvalue weighted by Crippen LogP contribution is 2.34. The summed E-state index contributed by atoms with van der Waals surface area (Å²) < 4.78 is 7.72. The molecule has 2 heterocycles. The third-order valence-electron chi connectivity index (χ3n) is 4.09. The Balaban J connectivity index is 2.01. The zero-order valence-electron chi connectivity index (χ0n) is 15.0. The smallest absolute Gasteiger partial charge is 0.325 e. The summed E-state index contributed by atoms with van der Waals surface area (Å²) in [7, 11) is 0. The molecule has 142 valence electrons. The molecule has 0 unspecified atom stereocenters. The van der Waals surface area contributed by atoms with E-state index in [1.54, 1.807) is 17.6 Å². The first-order chi connectivity index (χ1) is 12.9. The molecule has 0 aliphatic carbocycles. The van der Waals surface area contributed by atoms with E-state index < -0.39 is 0 Å². The lowest BCUT2D eigenvalue weighted by molar-refractivity contribution is -0.143. The molecule has 0 spiro atoms. The van der Waals surface area contributed by atoms with Crippen molar-refractivity contribution in [3.63, 3.8) is 0 Å². The number of fused-ring (bicyclic) bond motifs is 1. The molecule has 0 atom stereocenters. The molecule has 1 aromatic carbocycles. The fourth-order valence-electron chi connectivity index (χ4n) is 2.95. The summed E-state index contributed by atoms with van der Waals surface area (Å²) in [6.07, 6.45) is 4.25. The van der Waals surface area contributed by atoms with E-state index in [-0.39, 0.29) is 23.7 Å². The molecule has 1 aromatic heterocycles. The summed E-state index contributed by atoms with van der Waals surface area (Å²) >= 11 is 4.41. The molecule has 1 aliphatic heterocycles. The van der Waals surface area contributed by atoms with Crippen LogP contribution in [-0.4, -0.2) is 39.7 Å². The van der Waals surface area contributed by atoms with Crippen molar-refractivity contribution in [2.24, 2.45) is 0 Å². The Hall–Kier alpha value is -2.06. The van der Waals surface area contributed by atoms with Gasteiger partial charge in [0.25, 0.3) is 11.1 Å². The van der Waals surface area contributed by atoms with Crippen molar-refractivity contribution in [3.05, 3.63) is 39.3 Å². The van der Waals surface area contributed by atoms with Crippen molar-refractivity contribution in [1.29, 1.82) is 0 Å². The van der Waals surface area contributed by atoms with E-state index in [4.69, 9.17) is 4.74 Å². The summed E-state index contributed by atoms with van der Waals surface area (Å²) in [5.41, 5.74) is 1.63. The average molecular weight is 451 g/mol. The Morgan fingerprint density at radius 1 is 1.30 bits per heavy atom. The van der Waals surface area contributed by atoms with Gasteiger partial charge in [0.15, 0.2) is 0 Å². The van der Waals surface area contributed by atoms with Crippen LogP contribution in [0.15, 0.2) is 33.8 Å². The van der Waals surface area contributed by atoms with E-state index in [1.807, 2.05) is 31.3 Å². The van der Waals surface area contributed by atoms with Crippen LogP contribution in [0.3, 0.4) is 0 Å². The number of carbonyl (C=O) groups is 3. The van der Waals surface area contributed by atoms with Gasteiger partial charge in [-0.25, -0.2) is 0 Å². The Bertz CT molecular complexity index is 951. The number of hydrogen-bond donors (Lipinski definition) is 0. The zero-order valence-corrected chi connectivity index (χ0v) is 17.4. The average Bonchev–Trinajstić information content (AvgIpc) is 3.07. The van der Waals surface area contributed by atoms with Crippen molar-refractivity contribution < 1.29 is 19.1 Å². The van der Waals surface area contributed by atoms with Crippen molar-refractivity contribution in [2.45, 2.75) is 26.8 Å². The molecule has 0 radical (unpaired) electrons. The lowest BCUT2D eigenvalue weighted by Crippen LogP contribution is -2.28. The second kappa shape index (κ2) is 8.31. The number of ether oxygens (including phenoxy) is 1. The lowest BCUT2D eigenvalue weighted by atomic mass is 10.1. The molecule has 0 N–H and O–H groups in total. The predicted molar refractivity (Wildman–Crippen MR) is 109 cm³/mol. The number of hydrogen-bond acceptors (Lipinski definition) is 5. The summed E-state index contributed by atoms with van der Waals surface area (Å²) in [4.78, 5) is 38.1. The van der Waals surface area contributed by atoms with E-state index >= 15 is 0 Å². The maximum absolute atomic E-state index is 12.5. The molecule has 1 aliphatic rings. The van der Waals surface area contributed by atoms with Gasteiger partial charge in [0, 0.05) is 33.7 Å². The van der Waals surface area contributed by atoms with Crippen molar-refractivity contribution in [3.8, 4) is 0 Å². The molecule has 6 nitrogen and oxygen atoms in total. The van der Waals surface area contributed by atoms with Crippen molar-refractivity contribution >= 4 is 61.8 Å². The number of halogens is 1. The van der Waals surface area contributed by atoms with Gasteiger partial charge in [-0.1, -0.05) is 22.9 Å².